The number of hydrogen-bond donors (Lipinski definition) is 0. The molecule has 0 saturated carbocycles. The summed E-state index contributed by atoms with van der Waals surface area (Å²) in [6.07, 6.45) is 0. The first-order valence-corrected chi connectivity index (χ1v) is 7.76. The number of carbonyl (C=O) groups excluding carboxylic acids is 1. The number of carbonyl (C=O) groups is 1. The third-order valence-electron chi connectivity index (χ3n) is 3.88. The number of fused-ring (bicyclic) bond motifs is 3. The zero-order chi connectivity index (χ0) is 17.4. The fourth-order valence-corrected chi connectivity index (χ4v) is 2.95. The van der Waals surface area contributed by atoms with Gasteiger partial charge in [-0.3, -0.25) is 4.79 Å². The summed E-state index contributed by atoms with van der Waals surface area (Å²) in [6.45, 7) is 1.87. The summed E-state index contributed by atoms with van der Waals surface area (Å²) in [5.41, 5.74) is 0.943. The Morgan fingerprint density at radius 2 is 1.79 bits per heavy atom. The number of halogens is 1. The second kappa shape index (κ2) is 6.17. The topological polar surface area (TPSA) is 65.7 Å². The van der Waals surface area contributed by atoms with E-state index in [9.17, 15) is 9.59 Å². The van der Waals surface area contributed by atoms with E-state index in [1.165, 1.54) is 20.3 Å². The summed E-state index contributed by atoms with van der Waals surface area (Å²) in [5, 5.41) is 1.67. The van der Waals surface area contributed by atoms with Crippen molar-refractivity contribution in [3.63, 3.8) is 0 Å². The minimum Gasteiger partial charge on any atom is -0.496 e. The van der Waals surface area contributed by atoms with Crippen LogP contribution in [0.2, 0.25) is 0 Å². The molecule has 3 rings (SSSR count). The van der Waals surface area contributed by atoms with Crippen molar-refractivity contribution in [3.05, 3.63) is 45.8 Å². The second-order valence-electron chi connectivity index (χ2n) is 5.38. The van der Waals surface area contributed by atoms with Gasteiger partial charge in [0.15, 0.2) is 5.78 Å². The normalized spacial score (nSPS) is 11.0. The summed E-state index contributed by atoms with van der Waals surface area (Å²) >= 11 is 5.64. The van der Waals surface area contributed by atoms with Crippen LogP contribution >= 0.6 is 11.6 Å². The van der Waals surface area contributed by atoms with Crippen LogP contribution in [0, 0.1) is 6.92 Å². The monoisotopic (exact) mass is 346 g/mol. The van der Waals surface area contributed by atoms with Crippen molar-refractivity contribution in [1.82, 2.24) is 0 Å². The summed E-state index contributed by atoms with van der Waals surface area (Å²) in [4.78, 5) is 24.4. The lowest BCUT2D eigenvalue weighted by molar-refractivity contribution is 0.101. The standard InChI is InChI=1S/C18H15ClO5/c1-9-4-12-17(16(5-9)23-3)11-7-14(22-2)10(13(20)8-19)6-15(11)24-18(12)21/h4-7H,8H2,1-3H3. The molecule has 0 bridgehead atoms. The van der Waals surface area contributed by atoms with Crippen LogP contribution in [0.15, 0.2) is 33.5 Å². The molecule has 0 radical (unpaired) electrons. The molecule has 5 nitrogen and oxygen atoms in total. The Morgan fingerprint density at radius 1 is 1.08 bits per heavy atom. The van der Waals surface area contributed by atoms with Crippen LogP contribution in [0.1, 0.15) is 15.9 Å². The van der Waals surface area contributed by atoms with Gasteiger partial charge in [0.2, 0.25) is 0 Å². The van der Waals surface area contributed by atoms with E-state index >= 15 is 0 Å². The lowest BCUT2D eigenvalue weighted by atomic mass is 10.0. The van der Waals surface area contributed by atoms with E-state index in [0.717, 1.165) is 5.56 Å². The Labute approximate surface area is 142 Å². The maximum Gasteiger partial charge on any atom is 0.344 e. The highest BCUT2D eigenvalue weighted by Gasteiger charge is 2.18. The molecule has 3 aromatic rings. The molecule has 0 saturated heterocycles. The molecule has 1 aromatic heterocycles. The van der Waals surface area contributed by atoms with Crippen LogP contribution < -0.4 is 15.1 Å². The van der Waals surface area contributed by atoms with Gasteiger partial charge < -0.3 is 13.9 Å². The number of Topliss-reactive ketones (excluding diaryl/α,β-unsaturated/α-hetero) is 1. The first kappa shape index (κ1) is 16.3. The zero-order valence-corrected chi connectivity index (χ0v) is 14.2. The Hall–Kier alpha value is -2.53. The van der Waals surface area contributed by atoms with Crippen molar-refractivity contribution in [2.24, 2.45) is 0 Å². The zero-order valence-electron chi connectivity index (χ0n) is 13.4. The molecule has 0 aliphatic rings. The maximum atomic E-state index is 12.4. The average Bonchev–Trinajstić information content (AvgIpc) is 2.59. The van der Waals surface area contributed by atoms with Crippen LogP contribution in [-0.4, -0.2) is 25.9 Å². The summed E-state index contributed by atoms with van der Waals surface area (Å²) in [7, 11) is 3.01. The van der Waals surface area contributed by atoms with Gasteiger partial charge in [-0.2, -0.15) is 0 Å². The van der Waals surface area contributed by atoms with Crippen molar-refractivity contribution in [3.8, 4) is 11.5 Å². The lowest BCUT2D eigenvalue weighted by Crippen LogP contribution is -2.06. The minimum absolute atomic E-state index is 0.192. The van der Waals surface area contributed by atoms with Crippen molar-refractivity contribution in [2.75, 3.05) is 20.1 Å². The maximum absolute atomic E-state index is 12.4. The molecule has 0 fully saturated rings. The SMILES string of the molecule is COc1cc2c(cc1C(=O)CCl)oc(=O)c1cc(C)cc(OC)c12. The highest BCUT2D eigenvalue weighted by Crippen LogP contribution is 2.35. The molecule has 6 heteroatoms. The Bertz CT molecular complexity index is 1020. The average molecular weight is 347 g/mol. The number of benzene rings is 2. The van der Waals surface area contributed by atoms with Crippen LogP contribution in [0.3, 0.4) is 0 Å². The van der Waals surface area contributed by atoms with Gasteiger partial charge in [0, 0.05) is 10.8 Å². The molecule has 24 heavy (non-hydrogen) atoms. The van der Waals surface area contributed by atoms with E-state index in [4.69, 9.17) is 25.5 Å². The van der Waals surface area contributed by atoms with E-state index in [0.29, 0.717) is 27.7 Å². The van der Waals surface area contributed by atoms with E-state index < -0.39 is 5.63 Å². The van der Waals surface area contributed by atoms with E-state index in [-0.39, 0.29) is 22.8 Å². The molecule has 124 valence electrons. The highest BCUT2D eigenvalue weighted by atomic mass is 35.5. The van der Waals surface area contributed by atoms with Crippen molar-refractivity contribution >= 4 is 39.1 Å². The largest absolute Gasteiger partial charge is 0.496 e. The first-order valence-electron chi connectivity index (χ1n) is 7.22. The molecule has 0 atom stereocenters. The predicted molar refractivity (Wildman–Crippen MR) is 92.9 cm³/mol. The number of alkyl halides is 1. The summed E-state index contributed by atoms with van der Waals surface area (Å²) in [6, 6.07) is 6.73. The van der Waals surface area contributed by atoms with Crippen LogP contribution in [0.5, 0.6) is 11.5 Å². The third-order valence-corrected chi connectivity index (χ3v) is 4.12. The number of ketones is 1. The predicted octanol–water partition coefficient (Wildman–Crippen LogP) is 3.69. The van der Waals surface area contributed by atoms with Crippen LogP contribution in [0.4, 0.5) is 0 Å². The van der Waals surface area contributed by atoms with Gasteiger partial charge in [0.1, 0.15) is 17.1 Å². The molecule has 0 unspecified atom stereocenters. The van der Waals surface area contributed by atoms with Gasteiger partial charge in [-0.1, -0.05) is 0 Å². The van der Waals surface area contributed by atoms with Crippen molar-refractivity contribution < 1.29 is 18.7 Å². The Balaban J connectivity index is 2.52. The van der Waals surface area contributed by atoms with E-state index in [2.05, 4.69) is 0 Å². The number of rotatable bonds is 4. The third kappa shape index (κ3) is 2.51. The quantitative estimate of drug-likeness (QED) is 0.312. The van der Waals surface area contributed by atoms with E-state index in [1.54, 1.807) is 12.1 Å². The van der Waals surface area contributed by atoms with Crippen molar-refractivity contribution in [1.29, 1.82) is 0 Å². The fraction of sp³-hybridized carbons (Fsp3) is 0.222. The number of ether oxygens (including phenoxy) is 2. The molecule has 0 spiro atoms. The minimum atomic E-state index is -0.492. The smallest absolute Gasteiger partial charge is 0.344 e. The summed E-state index contributed by atoms with van der Waals surface area (Å²) < 4.78 is 16.1. The lowest BCUT2D eigenvalue weighted by Gasteiger charge is -2.12. The number of aryl methyl sites for hydroxylation is 1. The van der Waals surface area contributed by atoms with Gasteiger partial charge >= 0.3 is 5.63 Å². The van der Waals surface area contributed by atoms with Crippen molar-refractivity contribution in [2.45, 2.75) is 6.92 Å². The fourth-order valence-electron chi connectivity index (χ4n) is 2.81. The molecule has 1 heterocycles. The molecule has 0 aliphatic carbocycles. The van der Waals surface area contributed by atoms with Gasteiger partial charge in [0.25, 0.3) is 0 Å². The second-order valence-corrected chi connectivity index (χ2v) is 5.65. The van der Waals surface area contributed by atoms with Crippen LogP contribution in [0.25, 0.3) is 21.7 Å². The Morgan fingerprint density at radius 3 is 2.42 bits per heavy atom. The molecule has 2 aromatic carbocycles. The van der Waals surface area contributed by atoms with Gasteiger partial charge in [0.05, 0.1) is 31.0 Å². The van der Waals surface area contributed by atoms with Gasteiger partial charge in [-0.15, -0.1) is 11.6 Å². The van der Waals surface area contributed by atoms with Crippen LogP contribution in [-0.2, 0) is 0 Å². The molecule has 0 aliphatic heterocycles. The number of hydrogen-bond acceptors (Lipinski definition) is 5. The number of methoxy groups -OCH3 is 2. The first-order chi connectivity index (χ1) is 11.5. The van der Waals surface area contributed by atoms with Gasteiger partial charge in [-0.25, -0.2) is 4.79 Å². The molecular formula is C18H15ClO5. The van der Waals surface area contributed by atoms with Gasteiger partial charge in [-0.05, 0) is 36.8 Å². The molecule has 0 amide bonds. The Kier molecular flexibility index (Phi) is 4.20. The summed E-state index contributed by atoms with van der Waals surface area (Å²) in [5.74, 6) is 0.420. The molecule has 0 N–H and O–H groups in total. The highest BCUT2D eigenvalue weighted by molar-refractivity contribution is 6.31. The van der Waals surface area contributed by atoms with E-state index in [1.807, 2.05) is 13.0 Å². The molecular weight excluding hydrogens is 332 g/mol.